The lowest BCUT2D eigenvalue weighted by Gasteiger charge is -2.16. The van der Waals surface area contributed by atoms with Gasteiger partial charge in [0, 0.05) is 33.4 Å². The molecule has 0 unspecified atom stereocenters. The van der Waals surface area contributed by atoms with Gasteiger partial charge in [0.05, 0.1) is 17.8 Å². The number of carbonyl (C=O) groups is 1. The van der Waals surface area contributed by atoms with E-state index in [2.05, 4.69) is 10.3 Å². The summed E-state index contributed by atoms with van der Waals surface area (Å²) < 4.78 is 0. The van der Waals surface area contributed by atoms with E-state index in [-0.39, 0.29) is 12.5 Å². The van der Waals surface area contributed by atoms with Crippen LogP contribution in [0.2, 0.25) is 10.0 Å². The summed E-state index contributed by atoms with van der Waals surface area (Å²) in [6, 6.07) is 5.22. The second kappa shape index (κ2) is 5.30. The third kappa shape index (κ3) is 2.29. The Morgan fingerprint density at radius 1 is 1.33 bits per heavy atom. The molecule has 1 amide bonds. The lowest BCUT2D eigenvalue weighted by Crippen LogP contribution is -2.14. The van der Waals surface area contributed by atoms with Crippen molar-refractivity contribution in [3.63, 3.8) is 0 Å². The molecule has 2 heterocycles. The number of nitrogens with zero attached hydrogens (tertiary/aromatic N) is 1. The molecule has 0 saturated carbocycles. The number of aromatic nitrogens is 1. The van der Waals surface area contributed by atoms with E-state index in [1.165, 1.54) is 0 Å². The first kappa shape index (κ1) is 14.3. The van der Waals surface area contributed by atoms with Crippen LogP contribution in [-0.2, 0) is 13.1 Å². The molecular formula is C15H13Cl2N3O. The maximum atomic E-state index is 12.2. The van der Waals surface area contributed by atoms with Crippen LogP contribution < -0.4 is 11.1 Å². The van der Waals surface area contributed by atoms with E-state index >= 15 is 0 Å². The van der Waals surface area contributed by atoms with Crippen LogP contribution in [0, 0.1) is 6.92 Å². The van der Waals surface area contributed by atoms with E-state index in [0.717, 1.165) is 28.1 Å². The summed E-state index contributed by atoms with van der Waals surface area (Å²) in [6.45, 7) is 2.60. The molecule has 0 aliphatic carbocycles. The number of fused-ring (bicyclic) bond motifs is 1. The van der Waals surface area contributed by atoms with Gasteiger partial charge in [-0.1, -0.05) is 29.3 Å². The van der Waals surface area contributed by atoms with Crippen LogP contribution >= 0.6 is 23.2 Å². The lowest BCUT2D eigenvalue weighted by molar-refractivity contribution is 0.0966. The molecule has 1 aromatic heterocycles. The van der Waals surface area contributed by atoms with Crippen LogP contribution in [0.1, 0.15) is 27.3 Å². The van der Waals surface area contributed by atoms with E-state index in [4.69, 9.17) is 28.9 Å². The van der Waals surface area contributed by atoms with Crippen LogP contribution in [0.5, 0.6) is 0 Å². The van der Waals surface area contributed by atoms with Crippen LogP contribution in [0.15, 0.2) is 18.2 Å². The van der Waals surface area contributed by atoms with Gasteiger partial charge in [-0.15, -0.1) is 0 Å². The zero-order valence-electron chi connectivity index (χ0n) is 11.3. The van der Waals surface area contributed by atoms with Crippen LogP contribution in [0.3, 0.4) is 0 Å². The first-order valence-corrected chi connectivity index (χ1v) is 7.24. The standard InChI is InChI=1S/C15H13Cl2N3O/c1-7-10(5-18)13(9-3-2-8(16)4-11(9)17)14-12(20-7)6-19-15(14)21/h2-4H,5-6,18H2,1H3,(H,19,21). The number of rotatable bonds is 2. The number of aryl methyl sites for hydroxylation is 1. The smallest absolute Gasteiger partial charge is 0.254 e. The molecule has 1 aliphatic rings. The average molecular weight is 322 g/mol. The normalized spacial score (nSPS) is 13.2. The molecule has 1 aromatic carbocycles. The number of halogens is 2. The lowest BCUT2D eigenvalue weighted by atomic mass is 9.93. The Hall–Kier alpha value is -1.62. The van der Waals surface area contributed by atoms with E-state index in [1.807, 2.05) is 13.0 Å². The summed E-state index contributed by atoms with van der Waals surface area (Å²) in [5.74, 6) is -0.145. The van der Waals surface area contributed by atoms with Crippen molar-refractivity contribution in [3.8, 4) is 11.1 Å². The molecule has 0 spiro atoms. The average Bonchev–Trinajstić information content (AvgIpc) is 2.79. The first-order valence-electron chi connectivity index (χ1n) is 6.49. The van der Waals surface area contributed by atoms with Gasteiger partial charge < -0.3 is 11.1 Å². The molecule has 6 heteroatoms. The fourth-order valence-corrected chi connectivity index (χ4v) is 3.17. The van der Waals surface area contributed by atoms with E-state index in [9.17, 15) is 4.79 Å². The van der Waals surface area contributed by atoms with E-state index in [1.54, 1.807) is 12.1 Å². The Morgan fingerprint density at radius 2 is 2.10 bits per heavy atom. The number of hydrogen-bond acceptors (Lipinski definition) is 3. The molecule has 1 aliphatic heterocycles. The molecular weight excluding hydrogens is 309 g/mol. The number of benzene rings is 1. The van der Waals surface area contributed by atoms with Gasteiger partial charge in [-0.25, -0.2) is 0 Å². The molecule has 0 atom stereocenters. The second-order valence-corrected chi connectivity index (χ2v) is 5.73. The van der Waals surface area contributed by atoms with Gasteiger partial charge in [0.15, 0.2) is 0 Å². The van der Waals surface area contributed by atoms with Crippen molar-refractivity contribution in [3.05, 3.63) is 50.8 Å². The minimum atomic E-state index is -0.145. The molecule has 2 aromatic rings. The highest BCUT2D eigenvalue weighted by Crippen LogP contribution is 2.38. The summed E-state index contributed by atoms with van der Waals surface area (Å²) in [5.41, 5.74) is 10.3. The third-order valence-electron chi connectivity index (χ3n) is 3.63. The van der Waals surface area contributed by atoms with Crippen molar-refractivity contribution >= 4 is 29.1 Å². The number of nitrogens with two attached hydrogens (primary N) is 1. The topological polar surface area (TPSA) is 68.0 Å². The molecule has 21 heavy (non-hydrogen) atoms. The van der Waals surface area contributed by atoms with Gasteiger partial charge in [0.1, 0.15) is 0 Å². The van der Waals surface area contributed by atoms with Crippen molar-refractivity contribution in [2.75, 3.05) is 0 Å². The summed E-state index contributed by atoms with van der Waals surface area (Å²) in [6.07, 6.45) is 0. The van der Waals surface area contributed by atoms with Gasteiger partial charge >= 0.3 is 0 Å². The maximum absolute atomic E-state index is 12.2. The predicted molar refractivity (Wildman–Crippen MR) is 83.5 cm³/mol. The fourth-order valence-electron chi connectivity index (χ4n) is 2.67. The summed E-state index contributed by atoms with van der Waals surface area (Å²) >= 11 is 12.3. The van der Waals surface area contributed by atoms with Gasteiger partial charge in [-0.2, -0.15) is 0 Å². The number of amides is 1. The molecule has 0 fully saturated rings. The van der Waals surface area contributed by atoms with Crippen LogP contribution in [-0.4, -0.2) is 10.9 Å². The van der Waals surface area contributed by atoms with Crippen molar-refractivity contribution in [1.82, 2.24) is 10.3 Å². The monoisotopic (exact) mass is 321 g/mol. The highest BCUT2D eigenvalue weighted by atomic mass is 35.5. The Bertz CT molecular complexity index is 759. The number of carbonyl (C=O) groups excluding carboxylic acids is 1. The van der Waals surface area contributed by atoms with E-state index < -0.39 is 0 Å². The highest BCUT2D eigenvalue weighted by molar-refractivity contribution is 6.36. The third-order valence-corrected chi connectivity index (χ3v) is 4.18. The maximum Gasteiger partial charge on any atom is 0.254 e. The van der Waals surface area contributed by atoms with Crippen molar-refractivity contribution in [1.29, 1.82) is 0 Å². The van der Waals surface area contributed by atoms with Crippen molar-refractivity contribution < 1.29 is 4.79 Å². The minimum Gasteiger partial charge on any atom is -0.346 e. The Morgan fingerprint density at radius 3 is 2.76 bits per heavy atom. The molecule has 108 valence electrons. The van der Waals surface area contributed by atoms with Gasteiger partial charge in [0.2, 0.25) is 0 Å². The molecule has 0 radical (unpaired) electrons. The zero-order valence-corrected chi connectivity index (χ0v) is 12.8. The van der Waals surface area contributed by atoms with E-state index in [0.29, 0.717) is 22.2 Å². The number of pyridine rings is 1. The first-order chi connectivity index (χ1) is 10.0. The molecule has 4 nitrogen and oxygen atoms in total. The van der Waals surface area contributed by atoms with Gasteiger partial charge in [-0.05, 0) is 24.6 Å². The molecule has 3 N–H and O–H groups in total. The van der Waals surface area contributed by atoms with Crippen LogP contribution in [0.25, 0.3) is 11.1 Å². The number of nitrogens with one attached hydrogen (secondary N) is 1. The molecule has 0 bridgehead atoms. The van der Waals surface area contributed by atoms with Crippen molar-refractivity contribution in [2.24, 2.45) is 5.73 Å². The molecule has 3 rings (SSSR count). The SMILES string of the molecule is Cc1nc2c(c(-c3ccc(Cl)cc3Cl)c1CN)C(=O)NC2. The Labute approximate surface area is 132 Å². The molecule has 0 saturated heterocycles. The minimum absolute atomic E-state index is 0.145. The summed E-state index contributed by atoms with van der Waals surface area (Å²) in [4.78, 5) is 16.6. The largest absolute Gasteiger partial charge is 0.346 e. The quantitative estimate of drug-likeness (QED) is 0.893. The van der Waals surface area contributed by atoms with Gasteiger partial charge in [0.25, 0.3) is 5.91 Å². The Balaban J connectivity index is 2.38. The number of hydrogen-bond donors (Lipinski definition) is 2. The highest BCUT2D eigenvalue weighted by Gasteiger charge is 2.28. The summed E-state index contributed by atoms with van der Waals surface area (Å²) in [7, 11) is 0. The zero-order chi connectivity index (χ0) is 15.1. The van der Waals surface area contributed by atoms with Gasteiger partial charge in [-0.3, -0.25) is 9.78 Å². The van der Waals surface area contributed by atoms with Crippen molar-refractivity contribution in [2.45, 2.75) is 20.0 Å². The summed E-state index contributed by atoms with van der Waals surface area (Å²) in [5, 5.41) is 3.83. The predicted octanol–water partition coefficient (Wildman–Crippen LogP) is 3.07. The van der Waals surface area contributed by atoms with Crippen LogP contribution in [0.4, 0.5) is 0 Å². The fraction of sp³-hybridized carbons (Fsp3) is 0.200. The Kier molecular flexibility index (Phi) is 3.61. The second-order valence-electron chi connectivity index (χ2n) is 4.88.